The first-order chi connectivity index (χ1) is 8.64. The molecule has 0 unspecified atom stereocenters. The maximum atomic E-state index is 11.9. The molecular weight excluding hydrogens is 288 g/mol. The van der Waals surface area contributed by atoms with Crippen molar-refractivity contribution >= 4 is 19.2 Å². The Balaban J connectivity index is 4.35. The van der Waals surface area contributed by atoms with Crippen LogP contribution in [0.1, 0.15) is 26.7 Å². The third kappa shape index (κ3) is 7.44. The molecule has 0 bridgehead atoms. The summed E-state index contributed by atoms with van der Waals surface area (Å²) in [6.07, 6.45) is -7.07. The lowest BCUT2D eigenvalue weighted by molar-refractivity contribution is -0.171. The zero-order valence-corrected chi connectivity index (χ0v) is 11.6. The van der Waals surface area contributed by atoms with E-state index in [1.54, 1.807) is 13.8 Å². The van der Waals surface area contributed by atoms with Crippen molar-refractivity contribution in [1.29, 1.82) is 0 Å². The quantitative estimate of drug-likeness (QED) is 0.484. The van der Waals surface area contributed by atoms with Crippen LogP contribution >= 0.6 is 7.60 Å². The fourth-order valence-corrected chi connectivity index (χ4v) is 2.83. The van der Waals surface area contributed by atoms with Crippen molar-refractivity contribution in [3.05, 3.63) is 0 Å². The van der Waals surface area contributed by atoms with Crippen LogP contribution < -0.4 is 0 Å². The minimum atomic E-state index is -5.03. The highest BCUT2D eigenvalue weighted by Crippen LogP contribution is 2.48. The fourth-order valence-electron chi connectivity index (χ4n) is 1.19. The number of Topliss-reactive ketones (excluding diaryl/α,β-unsaturated/α-hetero) is 2. The summed E-state index contributed by atoms with van der Waals surface area (Å²) in [7, 11) is -3.47. The Kier molecular flexibility index (Phi) is 7.47. The molecule has 0 amide bonds. The molecule has 0 saturated carbocycles. The highest BCUT2D eigenvalue weighted by molar-refractivity contribution is 7.53. The molecule has 0 rings (SSSR count). The maximum absolute atomic E-state index is 11.9. The predicted octanol–water partition coefficient (Wildman–Crippen LogP) is 2.73. The molecule has 0 fully saturated rings. The van der Waals surface area contributed by atoms with E-state index in [1.165, 1.54) is 0 Å². The number of alkyl halides is 3. The lowest BCUT2D eigenvalue weighted by Gasteiger charge is -2.16. The molecular formula is C10H16F3O5P. The SMILES string of the molecule is CCOP(=O)(CCC(=O)CC(=O)C(F)(F)F)OCC. The summed E-state index contributed by atoms with van der Waals surface area (Å²) >= 11 is 0. The summed E-state index contributed by atoms with van der Waals surface area (Å²) in [4.78, 5) is 21.8. The molecule has 5 nitrogen and oxygen atoms in total. The van der Waals surface area contributed by atoms with Crippen LogP contribution in [0.4, 0.5) is 13.2 Å². The molecule has 0 heterocycles. The minimum absolute atomic E-state index is 0.0902. The first-order valence-corrected chi connectivity index (χ1v) is 7.37. The number of hydrogen-bond acceptors (Lipinski definition) is 5. The van der Waals surface area contributed by atoms with Gasteiger partial charge in [-0.05, 0) is 13.8 Å². The van der Waals surface area contributed by atoms with Gasteiger partial charge in [-0.25, -0.2) is 0 Å². The third-order valence-corrected chi connectivity index (χ3v) is 4.06. The molecule has 0 spiro atoms. The summed E-state index contributed by atoms with van der Waals surface area (Å²) in [5.74, 6) is -3.05. The van der Waals surface area contributed by atoms with Gasteiger partial charge < -0.3 is 9.05 Å². The maximum Gasteiger partial charge on any atom is 0.450 e. The molecule has 0 aliphatic carbocycles. The number of carbonyl (C=O) groups is 2. The number of hydrogen-bond donors (Lipinski definition) is 0. The number of halogens is 3. The van der Waals surface area contributed by atoms with Gasteiger partial charge >= 0.3 is 13.8 Å². The summed E-state index contributed by atoms with van der Waals surface area (Å²) in [5.41, 5.74) is 0. The zero-order chi connectivity index (χ0) is 15.1. The van der Waals surface area contributed by atoms with E-state index in [4.69, 9.17) is 9.05 Å². The van der Waals surface area contributed by atoms with Crippen LogP contribution in [0.5, 0.6) is 0 Å². The van der Waals surface area contributed by atoms with E-state index in [2.05, 4.69) is 0 Å². The number of rotatable bonds is 9. The van der Waals surface area contributed by atoms with Gasteiger partial charge in [-0.15, -0.1) is 0 Å². The Hall–Kier alpha value is -0.720. The van der Waals surface area contributed by atoms with Crippen molar-refractivity contribution in [2.45, 2.75) is 32.9 Å². The summed E-state index contributed by atoms with van der Waals surface area (Å²) in [5, 5.41) is 0. The second-order valence-corrected chi connectivity index (χ2v) is 5.74. The third-order valence-electron chi connectivity index (χ3n) is 1.99. The summed E-state index contributed by atoms with van der Waals surface area (Å²) in [6, 6.07) is 0. The number of ketones is 2. The van der Waals surface area contributed by atoms with Gasteiger partial charge in [0.1, 0.15) is 5.78 Å². The molecule has 0 aliphatic rings. The molecule has 0 atom stereocenters. The van der Waals surface area contributed by atoms with Gasteiger partial charge in [-0.1, -0.05) is 0 Å². The molecule has 19 heavy (non-hydrogen) atoms. The van der Waals surface area contributed by atoms with Crippen LogP contribution in [0.15, 0.2) is 0 Å². The molecule has 9 heteroatoms. The van der Waals surface area contributed by atoms with Gasteiger partial charge in [0, 0.05) is 6.42 Å². The average molecular weight is 304 g/mol. The second-order valence-electron chi connectivity index (χ2n) is 3.56. The Morgan fingerprint density at radius 3 is 1.95 bits per heavy atom. The second kappa shape index (κ2) is 7.77. The largest absolute Gasteiger partial charge is 0.450 e. The van der Waals surface area contributed by atoms with Crippen LogP contribution in [0.3, 0.4) is 0 Å². The van der Waals surface area contributed by atoms with Crippen LogP contribution in [0.25, 0.3) is 0 Å². The molecule has 0 aliphatic heterocycles. The van der Waals surface area contributed by atoms with Crippen LogP contribution in [0, 0.1) is 0 Å². The lowest BCUT2D eigenvalue weighted by Crippen LogP contribution is -2.25. The van der Waals surface area contributed by atoms with Gasteiger partial charge in [0.15, 0.2) is 0 Å². The fraction of sp³-hybridized carbons (Fsp3) is 0.800. The molecule has 0 radical (unpaired) electrons. The normalized spacial score (nSPS) is 12.5. The minimum Gasteiger partial charge on any atom is -0.309 e. The molecule has 0 aromatic carbocycles. The average Bonchev–Trinajstić information content (AvgIpc) is 2.26. The van der Waals surface area contributed by atoms with Gasteiger partial charge in [-0.3, -0.25) is 14.2 Å². The van der Waals surface area contributed by atoms with E-state index in [1.807, 2.05) is 0 Å². The monoisotopic (exact) mass is 304 g/mol. The topological polar surface area (TPSA) is 69.7 Å². The Morgan fingerprint density at radius 1 is 1.11 bits per heavy atom. The van der Waals surface area contributed by atoms with E-state index in [-0.39, 0.29) is 19.4 Å². The van der Waals surface area contributed by atoms with Crippen LogP contribution in [-0.2, 0) is 23.2 Å². The van der Waals surface area contributed by atoms with Crippen LogP contribution in [-0.4, -0.2) is 37.1 Å². The van der Waals surface area contributed by atoms with Crippen molar-refractivity contribution in [2.24, 2.45) is 0 Å². The van der Waals surface area contributed by atoms with Crippen molar-refractivity contribution in [2.75, 3.05) is 19.4 Å². The highest BCUT2D eigenvalue weighted by atomic mass is 31.2. The highest BCUT2D eigenvalue weighted by Gasteiger charge is 2.39. The summed E-state index contributed by atoms with van der Waals surface area (Å²) in [6.45, 7) is 3.32. The molecule has 0 aromatic rings. The van der Waals surface area contributed by atoms with E-state index < -0.39 is 38.2 Å². The lowest BCUT2D eigenvalue weighted by atomic mass is 10.1. The Morgan fingerprint density at radius 2 is 1.58 bits per heavy atom. The standard InChI is InChI=1S/C10H16F3O5P/c1-3-17-19(16,18-4-2)6-5-8(14)7-9(15)10(11,12)13/h3-7H2,1-2H3. The van der Waals surface area contributed by atoms with Crippen molar-refractivity contribution < 1.29 is 36.4 Å². The zero-order valence-electron chi connectivity index (χ0n) is 10.7. The summed E-state index contributed by atoms with van der Waals surface area (Å²) < 4.78 is 57.4. The first kappa shape index (κ1) is 18.3. The van der Waals surface area contributed by atoms with Gasteiger partial charge in [0.2, 0.25) is 5.78 Å². The van der Waals surface area contributed by atoms with E-state index in [0.717, 1.165) is 0 Å². The Bertz CT molecular complexity index is 357. The van der Waals surface area contributed by atoms with Crippen molar-refractivity contribution in [1.82, 2.24) is 0 Å². The molecule has 0 aromatic heterocycles. The molecule has 0 N–H and O–H groups in total. The number of carbonyl (C=O) groups excluding carboxylic acids is 2. The van der Waals surface area contributed by atoms with E-state index in [9.17, 15) is 27.3 Å². The van der Waals surface area contributed by atoms with Crippen molar-refractivity contribution in [3.63, 3.8) is 0 Å². The van der Waals surface area contributed by atoms with Gasteiger partial charge in [0.25, 0.3) is 0 Å². The smallest absolute Gasteiger partial charge is 0.309 e. The van der Waals surface area contributed by atoms with E-state index in [0.29, 0.717) is 0 Å². The van der Waals surface area contributed by atoms with Gasteiger partial charge in [0.05, 0.1) is 25.8 Å². The van der Waals surface area contributed by atoms with Crippen molar-refractivity contribution in [3.8, 4) is 0 Å². The predicted molar refractivity (Wildman–Crippen MR) is 61.0 cm³/mol. The first-order valence-electron chi connectivity index (χ1n) is 5.64. The van der Waals surface area contributed by atoms with E-state index >= 15 is 0 Å². The van der Waals surface area contributed by atoms with Gasteiger partial charge in [-0.2, -0.15) is 13.2 Å². The molecule has 0 saturated heterocycles. The van der Waals surface area contributed by atoms with Crippen LogP contribution in [0.2, 0.25) is 0 Å². The Labute approximate surface area is 109 Å². The molecule has 112 valence electrons.